The third kappa shape index (κ3) is 1.96. The zero-order valence-corrected chi connectivity index (χ0v) is 16.6. The van der Waals surface area contributed by atoms with E-state index in [4.69, 9.17) is 9.47 Å². The summed E-state index contributed by atoms with van der Waals surface area (Å²) in [5, 5.41) is 3.77. The van der Waals surface area contributed by atoms with Crippen molar-refractivity contribution in [1.29, 1.82) is 0 Å². The van der Waals surface area contributed by atoms with Gasteiger partial charge in [-0.05, 0) is 55.5 Å². The Morgan fingerprint density at radius 1 is 0.586 bits per heavy atom. The maximum Gasteiger partial charge on any atom is 0.139 e. The van der Waals surface area contributed by atoms with E-state index >= 15 is 0 Å². The molecule has 4 aromatic rings. The maximum atomic E-state index is 6.36. The number of hydrogen-bond acceptors (Lipinski definition) is 3. The van der Waals surface area contributed by atoms with Gasteiger partial charge in [0, 0.05) is 13.6 Å². The predicted molar refractivity (Wildman–Crippen MR) is 118 cm³/mol. The van der Waals surface area contributed by atoms with Crippen LogP contribution in [0.5, 0.6) is 23.0 Å². The smallest absolute Gasteiger partial charge is 0.139 e. The number of benzene rings is 4. The first-order chi connectivity index (χ1) is 14.3. The first-order valence-corrected chi connectivity index (χ1v) is 11.1. The molecule has 3 nitrogen and oxygen atoms in total. The van der Waals surface area contributed by atoms with Crippen LogP contribution >= 0.6 is 7.92 Å². The molecule has 0 spiro atoms. The van der Waals surface area contributed by atoms with Crippen LogP contribution < -0.4 is 30.3 Å². The molecule has 0 unspecified atom stereocenters. The van der Waals surface area contributed by atoms with E-state index in [2.05, 4.69) is 84.6 Å². The topological polar surface area (TPSA) is 21.7 Å². The highest BCUT2D eigenvalue weighted by molar-refractivity contribution is 7.81. The largest absolute Gasteiger partial charge is 0.456 e. The summed E-state index contributed by atoms with van der Waals surface area (Å²) in [5.41, 5.74) is 4.80. The fourth-order valence-electron chi connectivity index (χ4n) is 4.56. The molecule has 0 amide bonds. The zero-order chi connectivity index (χ0) is 19.1. The second-order valence-corrected chi connectivity index (χ2v) is 9.57. The molecular formula is C25H16NO2P. The van der Waals surface area contributed by atoms with Crippen LogP contribution in [0.4, 0.5) is 17.1 Å². The number of hydrogen-bond donors (Lipinski definition) is 0. The highest BCUT2D eigenvalue weighted by Crippen LogP contribution is 2.59. The Balaban J connectivity index is 1.60. The quantitative estimate of drug-likeness (QED) is 0.332. The number of aryl methyl sites for hydroxylation is 1. The number of rotatable bonds is 1. The van der Waals surface area contributed by atoms with Gasteiger partial charge in [0.1, 0.15) is 23.0 Å². The Morgan fingerprint density at radius 3 is 1.62 bits per heavy atom. The molecule has 3 heterocycles. The van der Waals surface area contributed by atoms with E-state index in [1.807, 2.05) is 6.07 Å². The molecule has 4 heteroatoms. The minimum Gasteiger partial charge on any atom is -0.456 e. The van der Waals surface area contributed by atoms with Gasteiger partial charge < -0.3 is 14.4 Å². The number of anilines is 3. The van der Waals surface area contributed by atoms with Crippen LogP contribution in [0, 0.1) is 6.92 Å². The molecule has 0 aromatic heterocycles. The third-order valence-corrected chi connectivity index (χ3v) is 8.48. The van der Waals surface area contributed by atoms with Crippen molar-refractivity contribution in [2.45, 2.75) is 6.92 Å². The summed E-state index contributed by atoms with van der Waals surface area (Å²) in [7, 11) is -0.719. The van der Waals surface area contributed by atoms with E-state index in [9.17, 15) is 0 Å². The van der Waals surface area contributed by atoms with Crippen LogP contribution in [0.25, 0.3) is 0 Å². The third-order valence-electron chi connectivity index (χ3n) is 5.80. The van der Waals surface area contributed by atoms with Crippen LogP contribution in [0.1, 0.15) is 5.56 Å². The molecule has 0 aliphatic carbocycles. The van der Waals surface area contributed by atoms with Crippen molar-refractivity contribution in [3.8, 4) is 23.0 Å². The van der Waals surface area contributed by atoms with Crippen LogP contribution in [0.2, 0.25) is 0 Å². The molecule has 0 fully saturated rings. The average Bonchev–Trinajstić information content (AvgIpc) is 2.75. The Bertz CT molecular complexity index is 1250. The molecule has 0 saturated carbocycles. The summed E-state index contributed by atoms with van der Waals surface area (Å²) in [6, 6.07) is 27.6. The van der Waals surface area contributed by atoms with Crippen molar-refractivity contribution < 1.29 is 9.47 Å². The van der Waals surface area contributed by atoms with E-state index < -0.39 is 7.92 Å². The monoisotopic (exact) mass is 393 g/mol. The summed E-state index contributed by atoms with van der Waals surface area (Å²) in [6.45, 7) is 2.12. The molecule has 138 valence electrons. The van der Waals surface area contributed by atoms with Gasteiger partial charge in [0.25, 0.3) is 0 Å². The lowest BCUT2D eigenvalue weighted by Gasteiger charge is -2.43. The predicted octanol–water partition coefficient (Wildman–Crippen LogP) is 5.75. The fourth-order valence-corrected chi connectivity index (χ4v) is 7.40. The summed E-state index contributed by atoms with van der Waals surface area (Å²) < 4.78 is 12.7. The molecule has 29 heavy (non-hydrogen) atoms. The first kappa shape index (κ1) is 15.6. The normalized spacial score (nSPS) is 14.7. The van der Waals surface area contributed by atoms with Crippen molar-refractivity contribution >= 4 is 40.9 Å². The molecule has 0 atom stereocenters. The van der Waals surface area contributed by atoms with Gasteiger partial charge in [0.05, 0.1) is 27.3 Å². The van der Waals surface area contributed by atoms with Crippen molar-refractivity contribution in [3.63, 3.8) is 0 Å². The lowest BCUT2D eigenvalue weighted by Crippen LogP contribution is -2.39. The van der Waals surface area contributed by atoms with E-state index in [0.29, 0.717) is 0 Å². The first-order valence-electron chi connectivity index (χ1n) is 9.71. The van der Waals surface area contributed by atoms with Gasteiger partial charge in [-0.2, -0.15) is 0 Å². The molecule has 0 bridgehead atoms. The van der Waals surface area contributed by atoms with Crippen LogP contribution in [-0.2, 0) is 0 Å². The van der Waals surface area contributed by atoms with Gasteiger partial charge in [-0.3, -0.25) is 0 Å². The summed E-state index contributed by atoms with van der Waals surface area (Å²) in [5.74, 6) is 3.75. The minimum atomic E-state index is -0.719. The lowest BCUT2D eigenvalue weighted by atomic mass is 10.1. The Labute approximate surface area is 169 Å². The maximum absolute atomic E-state index is 6.36. The SMILES string of the molecule is Cc1ccc(N2c3cccc4c3P3c5c(cccc5Oc5cccc2c53)O4)cc1. The molecule has 3 aliphatic rings. The zero-order valence-electron chi connectivity index (χ0n) is 15.7. The molecule has 3 aliphatic heterocycles. The number of nitrogens with zero attached hydrogens (tertiary/aromatic N) is 1. The van der Waals surface area contributed by atoms with Gasteiger partial charge in [-0.25, -0.2) is 0 Å². The highest BCUT2D eigenvalue weighted by atomic mass is 31.1. The molecule has 0 radical (unpaired) electrons. The van der Waals surface area contributed by atoms with Gasteiger partial charge in [0.2, 0.25) is 0 Å². The fraction of sp³-hybridized carbons (Fsp3) is 0.0400. The van der Waals surface area contributed by atoms with Crippen molar-refractivity contribution in [2.75, 3.05) is 4.90 Å². The van der Waals surface area contributed by atoms with Crippen molar-refractivity contribution in [3.05, 3.63) is 84.4 Å². The second kappa shape index (κ2) is 5.40. The van der Waals surface area contributed by atoms with Gasteiger partial charge in [-0.15, -0.1) is 0 Å². The molecule has 7 rings (SSSR count). The lowest BCUT2D eigenvalue weighted by molar-refractivity contribution is 0.466. The van der Waals surface area contributed by atoms with Crippen LogP contribution in [-0.4, -0.2) is 0 Å². The number of ether oxygens (including phenoxy) is 2. The molecular weight excluding hydrogens is 377 g/mol. The van der Waals surface area contributed by atoms with Crippen molar-refractivity contribution in [2.24, 2.45) is 0 Å². The molecule has 0 N–H and O–H groups in total. The van der Waals surface area contributed by atoms with Crippen LogP contribution in [0.3, 0.4) is 0 Å². The summed E-state index contributed by atoms with van der Waals surface area (Å²) in [4.78, 5) is 2.35. The van der Waals surface area contributed by atoms with Crippen molar-refractivity contribution in [1.82, 2.24) is 0 Å². The Hall–Kier alpha value is -3.29. The second-order valence-electron chi connectivity index (χ2n) is 7.56. The summed E-state index contributed by atoms with van der Waals surface area (Å²) >= 11 is 0. The molecule has 0 saturated heterocycles. The van der Waals surface area contributed by atoms with Crippen LogP contribution in [0.15, 0.2) is 78.9 Å². The van der Waals surface area contributed by atoms with E-state index in [1.54, 1.807) is 0 Å². The van der Waals surface area contributed by atoms with E-state index in [-0.39, 0.29) is 0 Å². The summed E-state index contributed by atoms with van der Waals surface area (Å²) in [6.07, 6.45) is 0. The van der Waals surface area contributed by atoms with E-state index in [1.165, 1.54) is 32.9 Å². The standard InChI is InChI=1S/C25H16NO2P/c1-15-11-13-16(14-12-15)26-17-5-2-7-19-23(17)29-24-18(26)6-3-8-20(24)28-22-10-4-9-21(27-19)25(22)29/h2-14H,1H3. The Morgan fingerprint density at radius 2 is 1.07 bits per heavy atom. The van der Waals surface area contributed by atoms with E-state index in [0.717, 1.165) is 28.7 Å². The van der Waals surface area contributed by atoms with Gasteiger partial charge >= 0.3 is 0 Å². The minimum absolute atomic E-state index is 0.719. The van der Waals surface area contributed by atoms with Gasteiger partial charge in [0.15, 0.2) is 0 Å². The Kier molecular flexibility index (Phi) is 2.91. The molecule has 4 aromatic carbocycles. The average molecular weight is 393 g/mol. The van der Waals surface area contributed by atoms with Gasteiger partial charge in [-0.1, -0.05) is 35.9 Å². The highest BCUT2D eigenvalue weighted by Gasteiger charge is 2.44.